The van der Waals surface area contributed by atoms with Gasteiger partial charge in [-0.15, -0.1) is 0 Å². The lowest BCUT2D eigenvalue weighted by atomic mass is 9.99. The number of carbonyl (C=O) groups excluding carboxylic acids is 1. The van der Waals surface area contributed by atoms with Gasteiger partial charge in [-0.1, -0.05) is 0 Å². The number of rotatable bonds is 9. The molecule has 152 valence electrons. The Hall–Kier alpha value is -1.76. The Balaban J connectivity index is 1.61. The van der Waals surface area contributed by atoms with Gasteiger partial charge in [0, 0.05) is 50.5 Å². The summed E-state index contributed by atoms with van der Waals surface area (Å²) in [5.74, 6) is 0.261. The van der Waals surface area contributed by atoms with Crippen molar-refractivity contribution in [3.05, 3.63) is 52.5 Å². The highest BCUT2D eigenvalue weighted by Gasteiger charge is 2.29. The minimum atomic E-state index is 0.261. The Kier molecular flexibility index (Phi) is 8.01. The molecular formula is C22H32N4OS. The lowest BCUT2D eigenvalue weighted by molar-refractivity contribution is -0.135. The zero-order valence-corrected chi connectivity index (χ0v) is 17.6. The van der Waals surface area contributed by atoms with Gasteiger partial charge in [0.1, 0.15) is 0 Å². The Bertz CT molecular complexity index is 699. The van der Waals surface area contributed by atoms with Crippen LogP contribution in [0.1, 0.15) is 43.7 Å². The van der Waals surface area contributed by atoms with Crippen LogP contribution in [-0.2, 0) is 17.8 Å². The van der Waals surface area contributed by atoms with Crippen molar-refractivity contribution in [1.82, 2.24) is 14.8 Å². The number of hydrogen-bond acceptors (Lipinski definition) is 5. The molecule has 0 aliphatic carbocycles. The van der Waals surface area contributed by atoms with Crippen molar-refractivity contribution in [2.45, 2.75) is 57.7 Å². The number of nitrogens with zero attached hydrogens (tertiary/aromatic N) is 3. The van der Waals surface area contributed by atoms with Gasteiger partial charge in [-0.3, -0.25) is 9.78 Å². The average Bonchev–Trinajstić information content (AvgIpc) is 3.25. The molecule has 0 saturated carbocycles. The van der Waals surface area contributed by atoms with E-state index in [1.807, 2.05) is 12.1 Å². The standard InChI is InChI=1S/C22H32N4OS/c1-18(4-10-23)25-13-7-21(8-14-25)26(16-20-9-15-28-17-20)22(27)3-2-19-5-11-24-12-6-19/h5-6,9,11-12,15,17-18,21H,2-4,7-8,10,13-14,16,23H2,1H3. The van der Waals surface area contributed by atoms with E-state index in [-0.39, 0.29) is 5.91 Å². The average molecular weight is 401 g/mol. The molecule has 1 fully saturated rings. The van der Waals surface area contributed by atoms with E-state index < -0.39 is 0 Å². The molecule has 1 aliphatic heterocycles. The minimum Gasteiger partial charge on any atom is -0.335 e. The van der Waals surface area contributed by atoms with Gasteiger partial charge in [0.25, 0.3) is 0 Å². The summed E-state index contributed by atoms with van der Waals surface area (Å²) >= 11 is 1.69. The van der Waals surface area contributed by atoms with Crippen LogP contribution in [-0.4, -0.2) is 52.4 Å². The molecule has 6 heteroatoms. The van der Waals surface area contributed by atoms with E-state index in [2.05, 4.69) is 38.5 Å². The van der Waals surface area contributed by atoms with E-state index in [9.17, 15) is 4.79 Å². The summed E-state index contributed by atoms with van der Waals surface area (Å²) in [4.78, 5) is 21.9. The second-order valence-corrected chi connectivity index (χ2v) is 8.48. The number of thiophene rings is 1. The van der Waals surface area contributed by atoms with Gasteiger partial charge in [0.2, 0.25) is 5.91 Å². The van der Waals surface area contributed by atoms with Crippen molar-refractivity contribution < 1.29 is 4.79 Å². The molecule has 0 aromatic carbocycles. The summed E-state index contributed by atoms with van der Waals surface area (Å²) in [6.45, 7) is 5.81. The van der Waals surface area contributed by atoms with Crippen LogP contribution in [0.5, 0.6) is 0 Å². The quantitative estimate of drug-likeness (QED) is 0.701. The maximum atomic E-state index is 13.1. The van der Waals surface area contributed by atoms with E-state index in [0.717, 1.165) is 51.9 Å². The lowest BCUT2D eigenvalue weighted by Gasteiger charge is -2.41. The SMILES string of the molecule is CC(CCN)N1CCC(N(Cc2ccsc2)C(=O)CCc2ccncc2)CC1. The molecule has 28 heavy (non-hydrogen) atoms. The molecule has 1 aliphatic rings. The first-order valence-corrected chi connectivity index (χ1v) is 11.2. The highest BCUT2D eigenvalue weighted by molar-refractivity contribution is 7.07. The largest absolute Gasteiger partial charge is 0.335 e. The number of aromatic nitrogens is 1. The zero-order valence-electron chi connectivity index (χ0n) is 16.8. The Morgan fingerprint density at radius 3 is 2.68 bits per heavy atom. The molecule has 2 aromatic rings. The molecule has 5 nitrogen and oxygen atoms in total. The predicted molar refractivity (Wildman–Crippen MR) is 115 cm³/mol. The molecule has 1 saturated heterocycles. The van der Waals surface area contributed by atoms with Gasteiger partial charge < -0.3 is 15.5 Å². The van der Waals surface area contributed by atoms with E-state index >= 15 is 0 Å². The molecule has 1 atom stereocenters. The second-order valence-electron chi connectivity index (χ2n) is 7.70. The van der Waals surface area contributed by atoms with E-state index in [1.165, 1.54) is 11.1 Å². The molecule has 1 amide bonds. The number of carbonyl (C=O) groups is 1. The molecular weight excluding hydrogens is 368 g/mol. The number of amides is 1. The first-order valence-electron chi connectivity index (χ1n) is 10.3. The normalized spacial score (nSPS) is 16.8. The van der Waals surface area contributed by atoms with Gasteiger partial charge in [0.15, 0.2) is 0 Å². The minimum absolute atomic E-state index is 0.261. The van der Waals surface area contributed by atoms with E-state index in [4.69, 9.17) is 5.73 Å². The fourth-order valence-corrected chi connectivity index (χ4v) is 4.67. The van der Waals surface area contributed by atoms with Crippen LogP contribution >= 0.6 is 11.3 Å². The monoisotopic (exact) mass is 400 g/mol. The number of hydrogen-bond donors (Lipinski definition) is 1. The van der Waals surface area contributed by atoms with Crippen molar-refractivity contribution in [3.8, 4) is 0 Å². The predicted octanol–water partition coefficient (Wildman–Crippen LogP) is 3.31. The van der Waals surface area contributed by atoms with Crippen LogP contribution in [0.3, 0.4) is 0 Å². The van der Waals surface area contributed by atoms with Gasteiger partial charge in [0.05, 0.1) is 0 Å². The summed E-state index contributed by atoms with van der Waals surface area (Å²) in [6, 6.07) is 6.97. The second kappa shape index (κ2) is 10.7. The van der Waals surface area contributed by atoms with Crippen molar-refractivity contribution in [3.63, 3.8) is 0 Å². The summed E-state index contributed by atoms with van der Waals surface area (Å²) in [7, 11) is 0. The van der Waals surface area contributed by atoms with Crippen LogP contribution < -0.4 is 5.73 Å². The smallest absolute Gasteiger partial charge is 0.223 e. The number of aryl methyl sites for hydroxylation is 1. The van der Waals surface area contributed by atoms with Crippen LogP contribution in [0.25, 0.3) is 0 Å². The summed E-state index contributed by atoms with van der Waals surface area (Å²) in [5, 5.41) is 4.24. The third-order valence-corrected chi connectivity index (χ3v) is 6.51. The Morgan fingerprint density at radius 1 is 1.29 bits per heavy atom. The van der Waals surface area contributed by atoms with Crippen LogP contribution in [0.4, 0.5) is 0 Å². The third-order valence-electron chi connectivity index (χ3n) is 5.78. The maximum Gasteiger partial charge on any atom is 0.223 e. The van der Waals surface area contributed by atoms with Gasteiger partial charge in [-0.2, -0.15) is 11.3 Å². The topological polar surface area (TPSA) is 62.5 Å². The van der Waals surface area contributed by atoms with Crippen molar-refractivity contribution in [2.75, 3.05) is 19.6 Å². The van der Waals surface area contributed by atoms with Gasteiger partial charge >= 0.3 is 0 Å². The summed E-state index contributed by atoms with van der Waals surface area (Å²) < 4.78 is 0. The molecule has 2 N–H and O–H groups in total. The summed E-state index contributed by atoms with van der Waals surface area (Å²) in [5.41, 5.74) is 8.13. The molecule has 2 aromatic heterocycles. The number of likely N-dealkylation sites (tertiary alicyclic amines) is 1. The number of pyridine rings is 1. The molecule has 3 heterocycles. The molecule has 1 unspecified atom stereocenters. The van der Waals surface area contributed by atoms with Crippen LogP contribution in [0.15, 0.2) is 41.4 Å². The third kappa shape index (κ3) is 5.87. The highest BCUT2D eigenvalue weighted by atomic mass is 32.1. The lowest BCUT2D eigenvalue weighted by Crippen LogP contribution is -2.49. The highest BCUT2D eigenvalue weighted by Crippen LogP contribution is 2.23. The molecule has 3 rings (SSSR count). The van der Waals surface area contributed by atoms with Crippen LogP contribution in [0, 0.1) is 0 Å². The van der Waals surface area contributed by atoms with Gasteiger partial charge in [-0.25, -0.2) is 0 Å². The maximum absolute atomic E-state index is 13.1. The first kappa shape index (κ1) is 21.0. The number of nitrogens with two attached hydrogens (primary N) is 1. The zero-order chi connectivity index (χ0) is 19.8. The number of piperidine rings is 1. The Morgan fingerprint density at radius 2 is 2.04 bits per heavy atom. The first-order chi connectivity index (χ1) is 13.7. The van der Waals surface area contributed by atoms with Gasteiger partial charge in [-0.05, 0) is 79.2 Å². The summed E-state index contributed by atoms with van der Waals surface area (Å²) in [6.07, 6.45) is 8.03. The Labute approximate surface area is 172 Å². The fourth-order valence-electron chi connectivity index (χ4n) is 4.01. The van der Waals surface area contributed by atoms with E-state index in [1.54, 1.807) is 23.7 Å². The molecule has 0 spiro atoms. The van der Waals surface area contributed by atoms with Crippen molar-refractivity contribution in [2.24, 2.45) is 5.73 Å². The fraction of sp³-hybridized carbons (Fsp3) is 0.545. The molecule has 0 radical (unpaired) electrons. The van der Waals surface area contributed by atoms with Crippen molar-refractivity contribution >= 4 is 17.2 Å². The van der Waals surface area contributed by atoms with Crippen LogP contribution in [0.2, 0.25) is 0 Å². The molecule has 0 bridgehead atoms. The van der Waals surface area contributed by atoms with E-state index in [0.29, 0.717) is 18.5 Å². The van der Waals surface area contributed by atoms with Crippen molar-refractivity contribution in [1.29, 1.82) is 0 Å².